The Balaban J connectivity index is 1.72. The van der Waals surface area contributed by atoms with Crippen molar-refractivity contribution < 1.29 is 19.1 Å². The molecule has 1 amide bonds. The third-order valence-electron chi connectivity index (χ3n) is 3.02. The Hall–Kier alpha value is -2.05. The third-order valence-corrected chi connectivity index (χ3v) is 4.23. The maximum absolute atomic E-state index is 11.7. The first-order valence-corrected chi connectivity index (χ1v) is 8.10. The molecule has 1 heterocycles. The van der Waals surface area contributed by atoms with Crippen molar-refractivity contribution >= 4 is 34.8 Å². The Morgan fingerprint density at radius 1 is 1.22 bits per heavy atom. The Morgan fingerprint density at radius 2 is 2.00 bits per heavy atom. The second-order valence-electron chi connectivity index (χ2n) is 4.59. The highest BCUT2D eigenvalue weighted by Crippen LogP contribution is 2.22. The Kier molecular flexibility index (Phi) is 6.43. The molecule has 122 valence electrons. The number of halogens is 1. The van der Waals surface area contributed by atoms with Gasteiger partial charge in [-0.25, -0.2) is 4.79 Å². The summed E-state index contributed by atoms with van der Waals surface area (Å²) in [6.07, 6.45) is 0.629. The van der Waals surface area contributed by atoms with Gasteiger partial charge < -0.3 is 14.8 Å². The van der Waals surface area contributed by atoms with Gasteiger partial charge in [0.1, 0.15) is 10.6 Å². The number of para-hydroxylation sites is 1. The highest BCUT2D eigenvalue weighted by Gasteiger charge is 2.12. The molecule has 0 bridgehead atoms. The van der Waals surface area contributed by atoms with E-state index in [4.69, 9.17) is 21.1 Å². The van der Waals surface area contributed by atoms with Crippen molar-refractivity contribution in [1.82, 2.24) is 5.32 Å². The number of hydrogen-bond acceptors (Lipinski definition) is 5. The van der Waals surface area contributed by atoms with E-state index in [0.29, 0.717) is 22.2 Å². The van der Waals surface area contributed by atoms with Crippen LogP contribution in [0.1, 0.15) is 15.2 Å². The molecule has 0 unspecified atom stereocenters. The molecule has 1 aromatic carbocycles. The zero-order valence-corrected chi connectivity index (χ0v) is 14.1. The number of esters is 1. The van der Waals surface area contributed by atoms with Gasteiger partial charge in [0.15, 0.2) is 6.61 Å². The fourth-order valence-corrected chi connectivity index (χ4v) is 2.86. The zero-order valence-electron chi connectivity index (χ0n) is 12.5. The van der Waals surface area contributed by atoms with Crippen molar-refractivity contribution in [2.75, 3.05) is 20.3 Å². The predicted octanol–water partition coefficient (Wildman–Crippen LogP) is 2.93. The van der Waals surface area contributed by atoms with Crippen LogP contribution in [0, 0.1) is 0 Å². The summed E-state index contributed by atoms with van der Waals surface area (Å²) < 4.78 is 10.7. The number of carbonyl (C=O) groups is 2. The summed E-state index contributed by atoms with van der Waals surface area (Å²) in [5, 5.41) is 2.70. The molecule has 0 saturated heterocycles. The minimum absolute atomic E-state index is 0.319. The molecule has 7 heteroatoms. The number of thiophene rings is 1. The topological polar surface area (TPSA) is 64.6 Å². The Morgan fingerprint density at radius 3 is 2.70 bits per heavy atom. The molecule has 0 atom stereocenters. The van der Waals surface area contributed by atoms with E-state index in [1.165, 1.54) is 0 Å². The molecule has 2 aromatic rings. The van der Waals surface area contributed by atoms with Crippen LogP contribution in [-0.2, 0) is 16.0 Å². The predicted molar refractivity (Wildman–Crippen MR) is 89.3 cm³/mol. The number of benzene rings is 1. The van der Waals surface area contributed by atoms with Crippen LogP contribution in [0.5, 0.6) is 5.75 Å². The van der Waals surface area contributed by atoms with Crippen LogP contribution < -0.4 is 10.1 Å². The van der Waals surface area contributed by atoms with E-state index in [0.717, 1.165) is 22.6 Å². The summed E-state index contributed by atoms with van der Waals surface area (Å²) in [6.45, 7) is 0.113. The number of amides is 1. The van der Waals surface area contributed by atoms with Crippen LogP contribution in [0.4, 0.5) is 0 Å². The van der Waals surface area contributed by atoms with E-state index in [1.807, 2.05) is 24.3 Å². The van der Waals surface area contributed by atoms with Gasteiger partial charge in [-0.1, -0.05) is 29.8 Å². The van der Waals surface area contributed by atoms with Crippen LogP contribution in [0.25, 0.3) is 0 Å². The Bertz CT molecular complexity index is 686. The number of ether oxygens (including phenoxy) is 2. The van der Waals surface area contributed by atoms with E-state index >= 15 is 0 Å². The lowest BCUT2D eigenvalue weighted by Gasteiger charge is -2.09. The van der Waals surface area contributed by atoms with Gasteiger partial charge in [0.25, 0.3) is 5.91 Å². The first-order valence-electron chi connectivity index (χ1n) is 6.91. The van der Waals surface area contributed by atoms with Crippen LogP contribution in [0.15, 0.2) is 36.4 Å². The van der Waals surface area contributed by atoms with Gasteiger partial charge >= 0.3 is 5.97 Å². The fraction of sp³-hybridized carbons (Fsp3) is 0.250. The zero-order chi connectivity index (χ0) is 16.7. The lowest BCUT2D eigenvalue weighted by Crippen LogP contribution is -2.30. The lowest BCUT2D eigenvalue weighted by molar-refractivity contribution is -0.124. The third kappa shape index (κ3) is 5.26. The summed E-state index contributed by atoms with van der Waals surface area (Å²) in [5.41, 5.74) is 1.00. The number of rotatable bonds is 7. The van der Waals surface area contributed by atoms with Crippen LogP contribution >= 0.6 is 22.9 Å². The molecule has 0 saturated carbocycles. The van der Waals surface area contributed by atoms with Gasteiger partial charge in [0.05, 0.1) is 11.4 Å². The van der Waals surface area contributed by atoms with E-state index < -0.39 is 5.97 Å². The minimum Gasteiger partial charge on any atom is -0.496 e. The number of carbonyl (C=O) groups excluding carboxylic acids is 2. The molecule has 0 fully saturated rings. The van der Waals surface area contributed by atoms with E-state index in [-0.39, 0.29) is 12.5 Å². The molecular weight excluding hydrogens is 338 g/mol. The molecule has 0 spiro atoms. The molecule has 0 aliphatic heterocycles. The molecule has 0 radical (unpaired) electrons. The second kappa shape index (κ2) is 8.55. The van der Waals surface area contributed by atoms with Crippen LogP contribution in [-0.4, -0.2) is 32.1 Å². The Labute approximate surface area is 143 Å². The monoisotopic (exact) mass is 353 g/mol. The van der Waals surface area contributed by atoms with Gasteiger partial charge in [0, 0.05) is 6.54 Å². The lowest BCUT2D eigenvalue weighted by atomic mass is 10.1. The van der Waals surface area contributed by atoms with E-state index in [2.05, 4.69) is 5.32 Å². The van der Waals surface area contributed by atoms with E-state index in [1.54, 1.807) is 19.2 Å². The molecule has 1 N–H and O–H groups in total. The summed E-state index contributed by atoms with van der Waals surface area (Å²) >= 11 is 6.85. The van der Waals surface area contributed by atoms with Gasteiger partial charge in [-0.05, 0) is 30.2 Å². The fourth-order valence-electron chi connectivity index (χ4n) is 1.92. The minimum atomic E-state index is -0.554. The van der Waals surface area contributed by atoms with Crippen molar-refractivity contribution in [2.24, 2.45) is 0 Å². The normalized spacial score (nSPS) is 10.2. The summed E-state index contributed by atoms with van der Waals surface area (Å²) in [5.74, 6) is -0.125. The molecule has 1 aromatic heterocycles. The molecular formula is C16H16ClNO4S. The van der Waals surface area contributed by atoms with Gasteiger partial charge in [-0.3, -0.25) is 4.79 Å². The summed E-state index contributed by atoms with van der Waals surface area (Å²) in [7, 11) is 1.60. The van der Waals surface area contributed by atoms with Crippen molar-refractivity contribution in [3.63, 3.8) is 0 Å². The summed E-state index contributed by atoms with van der Waals surface area (Å²) in [6, 6.07) is 10.8. The summed E-state index contributed by atoms with van der Waals surface area (Å²) in [4.78, 5) is 23.7. The van der Waals surface area contributed by atoms with E-state index in [9.17, 15) is 9.59 Å². The smallest absolute Gasteiger partial charge is 0.348 e. The maximum Gasteiger partial charge on any atom is 0.348 e. The van der Waals surface area contributed by atoms with Crippen LogP contribution in [0.3, 0.4) is 0 Å². The molecule has 5 nitrogen and oxygen atoms in total. The first-order chi connectivity index (χ1) is 11.1. The molecule has 0 aliphatic carbocycles. The number of nitrogens with one attached hydrogen (secondary N) is 1. The maximum atomic E-state index is 11.7. The average Bonchev–Trinajstić information content (AvgIpc) is 2.99. The van der Waals surface area contributed by atoms with Crippen molar-refractivity contribution in [1.29, 1.82) is 0 Å². The van der Waals surface area contributed by atoms with Gasteiger partial charge in [0.2, 0.25) is 0 Å². The SMILES string of the molecule is COc1ccccc1CCNC(=O)COC(=O)c1ccc(Cl)s1. The second-order valence-corrected chi connectivity index (χ2v) is 6.31. The van der Waals surface area contributed by atoms with Crippen molar-refractivity contribution in [3.05, 3.63) is 51.2 Å². The highest BCUT2D eigenvalue weighted by atomic mass is 35.5. The standard InChI is InChI=1S/C16H16ClNO4S/c1-21-12-5-3-2-4-11(12)8-9-18-15(19)10-22-16(20)13-6-7-14(17)23-13/h2-7H,8-10H2,1H3,(H,18,19). The average molecular weight is 354 g/mol. The molecule has 0 aliphatic rings. The van der Waals surface area contributed by atoms with Crippen molar-refractivity contribution in [2.45, 2.75) is 6.42 Å². The number of methoxy groups -OCH3 is 1. The largest absolute Gasteiger partial charge is 0.496 e. The number of hydrogen-bond donors (Lipinski definition) is 1. The van der Waals surface area contributed by atoms with Gasteiger partial charge in [-0.15, -0.1) is 11.3 Å². The molecule has 23 heavy (non-hydrogen) atoms. The first kappa shape index (κ1) is 17.3. The quantitative estimate of drug-likeness (QED) is 0.777. The highest BCUT2D eigenvalue weighted by molar-refractivity contribution is 7.17. The molecule has 2 rings (SSSR count). The van der Waals surface area contributed by atoms with Gasteiger partial charge in [-0.2, -0.15) is 0 Å². The van der Waals surface area contributed by atoms with Crippen LogP contribution in [0.2, 0.25) is 4.34 Å². The van der Waals surface area contributed by atoms with Crippen molar-refractivity contribution in [3.8, 4) is 5.75 Å².